The fraction of sp³-hybridized carbons (Fsp3) is 0.692. The van der Waals surface area contributed by atoms with E-state index in [1.165, 1.54) is 55.2 Å². The van der Waals surface area contributed by atoms with E-state index in [1.54, 1.807) is 20.4 Å². The summed E-state index contributed by atoms with van der Waals surface area (Å²) in [4.78, 5) is 2.82. The molecular weight excluding hydrogens is 461 g/mol. The van der Waals surface area contributed by atoms with E-state index in [9.17, 15) is 0 Å². The van der Waals surface area contributed by atoms with Crippen molar-refractivity contribution in [2.24, 2.45) is 0 Å². The topological polar surface area (TPSA) is 12.5 Å². The summed E-state index contributed by atoms with van der Waals surface area (Å²) in [6, 6.07) is 11.1. The van der Waals surface area contributed by atoms with Crippen LogP contribution in [0.1, 0.15) is 71.3 Å². The monoisotopic (exact) mass is 509 g/mol. The van der Waals surface area contributed by atoms with Gasteiger partial charge in [-0.1, -0.05) is 0 Å². The Hall–Kier alpha value is -0.321. The first-order chi connectivity index (χ1) is 14.2. The number of methoxy groups -OCH3 is 1. The zero-order valence-corrected chi connectivity index (χ0v) is 22.7. The molecule has 0 unspecified atom stereocenters. The molecule has 0 N–H and O–H groups in total. The van der Waals surface area contributed by atoms with E-state index >= 15 is 0 Å². The van der Waals surface area contributed by atoms with E-state index < -0.39 is 18.4 Å². The van der Waals surface area contributed by atoms with Gasteiger partial charge in [0, 0.05) is 0 Å². The van der Waals surface area contributed by atoms with Crippen molar-refractivity contribution >= 4 is 18.4 Å². The van der Waals surface area contributed by atoms with Crippen LogP contribution < -0.4 is 0 Å². The average Bonchev–Trinajstić information content (AvgIpc) is 2.75. The average molecular weight is 508 g/mol. The summed E-state index contributed by atoms with van der Waals surface area (Å²) in [5.74, 6) is 0. The summed E-state index contributed by atoms with van der Waals surface area (Å²) in [7, 11) is 1.77. The second kappa shape index (κ2) is 17.4. The minimum absolute atomic E-state index is 0.728. The van der Waals surface area contributed by atoms with Crippen LogP contribution in [0.25, 0.3) is 0 Å². The van der Waals surface area contributed by atoms with E-state index in [2.05, 4.69) is 68.2 Å². The van der Waals surface area contributed by atoms with Crippen LogP contribution in [0.4, 0.5) is 0 Å². The van der Waals surface area contributed by atoms with E-state index in [4.69, 9.17) is 4.74 Å². The number of nitrogens with zero attached hydrogens (tertiary/aromatic N) is 1. The van der Waals surface area contributed by atoms with Gasteiger partial charge in [-0.25, -0.2) is 0 Å². The van der Waals surface area contributed by atoms with Crippen LogP contribution in [0, 0.1) is 0 Å². The Labute approximate surface area is 186 Å². The third kappa shape index (κ3) is 12.2. The molecule has 0 atom stereocenters. The molecule has 0 heterocycles. The van der Waals surface area contributed by atoms with Crippen LogP contribution in [-0.4, -0.2) is 48.1 Å². The number of hydrogen-bond acceptors (Lipinski definition) is 2. The first-order valence-corrected chi connectivity index (χ1v) is 20.2. The molecule has 1 rings (SSSR count). The Bertz CT molecular complexity index is 495. The molecule has 0 amide bonds. The van der Waals surface area contributed by atoms with Gasteiger partial charge in [-0.3, -0.25) is 0 Å². The molecule has 0 spiro atoms. The van der Waals surface area contributed by atoms with Gasteiger partial charge >= 0.3 is 186 Å². The summed E-state index contributed by atoms with van der Waals surface area (Å²) in [5, 5.41) is 0. The molecule has 0 radical (unpaired) electrons. The molecule has 0 fully saturated rings. The van der Waals surface area contributed by atoms with Crippen molar-refractivity contribution in [3.05, 3.63) is 48.0 Å². The van der Waals surface area contributed by atoms with Crippen molar-refractivity contribution in [3.8, 4) is 0 Å². The minimum atomic E-state index is -2.17. The van der Waals surface area contributed by atoms with Crippen molar-refractivity contribution < 1.29 is 4.74 Å². The first kappa shape index (κ1) is 26.7. The molecule has 0 aliphatic carbocycles. The Morgan fingerprint density at radius 1 is 0.862 bits per heavy atom. The Balaban J connectivity index is 2.94. The number of benzene rings is 1. The molecule has 166 valence electrons. The van der Waals surface area contributed by atoms with Crippen molar-refractivity contribution in [2.75, 3.05) is 24.8 Å². The van der Waals surface area contributed by atoms with Gasteiger partial charge in [0.05, 0.1) is 0 Å². The van der Waals surface area contributed by atoms with Gasteiger partial charge in [0.25, 0.3) is 0 Å². The predicted molar refractivity (Wildman–Crippen MR) is 132 cm³/mol. The standard InChI is InChI=1S/C14H20NO.3C4H9.Sn/c1-15(11-7-4-8-12-16-2)13-14-9-5-3-6-10-14;3*1-3-4-2;/h3-6,8-10H,1,7,11-13H2,2H3;3*1,3-4H2,2H3;/b8-4+;;;;. The van der Waals surface area contributed by atoms with E-state index in [0.29, 0.717) is 0 Å². The third-order valence-corrected chi connectivity index (χ3v) is 21.3. The summed E-state index contributed by atoms with van der Waals surface area (Å²) < 4.78 is 11.4. The molecule has 3 heteroatoms. The third-order valence-electron chi connectivity index (χ3n) is 6.03. The van der Waals surface area contributed by atoms with Gasteiger partial charge in [0.15, 0.2) is 0 Å². The fourth-order valence-electron chi connectivity index (χ4n) is 4.34. The van der Waals surface area contributed by atoms with Crippen LogP contribution in [0.2, 0.25) is 13.3 Å². The van der Waals surface area contributed by atoms with Gasteiger partial charge in [-0.05, 0) is 0 Å². The Kier molecular flexibility index (Phi) is 16.0. The van der Waals surface area contributed by atoms with Crippen molar-refractivity contribution in [1.82, 2.24) is 4.90 Å². The SMILES string of the molecule is CCC[CH2][Sn]([CH2]CCC)([CH2]CCC)[CH2]N(CC/C=C/COC)Cc1ccccc1. The van der Waals surface area contributed by atoms with Crippen molar-refractivity contribution in [1.29, 1.82) is 0 Å². The number of rotatable bonds is 18. The van der Waals surface area contributed by atoms with Crippen LogP contribution >= 0.6 is 0 Å². The molecular formula is C26H47NOSn. The van der Waals surface area contributed by atoms with Gasteiger partial charge < -0.3 is 0 Å². The molecule has 0 saturated carbocycles. The second-order valence-electron chi connectivity index (χ2n) is 8.72. The van der Waals surface area contributed by atoms with Gasteiger partial charge in [0.2, 0.25) is 0 Å². The zero-order valence-electron chi connectivity index (χ0n) is 19.8. The van der Waals surface area contributed by atoms with Gasteiger partial charge in [-0.15, -0.1) is 0 Å². The van der Waals surface area contributed by atoms with E-state index in [0.717, 1.165) is 19.6 Å². The molecule has 0 aliphatic heterocycles. The quantitative estimate of drug-likeness (QED) is 0.151. The molecule has 0 aliphatic rings. The number of hydrogen-bond donors (Lipinski definition) is 0. The molecule has 1 aromatic rings. The molecule has 0 saturated heterocycles. The second-order valence-corrected chi connectivity index (χ2v) is 22.5. The van der Waals surface area contributed by atoms with Crippen LogP contribution in [-0.2, 0) is 11.3 Å². The van der Waals surface area contributed by atoms with E-state index in [-0.39, 0.29) is 0 Å². The molecule has 29 heavy (non-hydrogen) atoms. The first-order valence-electron chi connectivity index (χ1n) is 12.1. The maximum absolute atomic E-state index is 5.17. The van der Waals surface area contributed by atoms with Gasteiger partial charge in [0.1, 0.15) is 0 Å². The molecule has 2 nitrogen and oxygen atoms in total. The summed E-state index contributed by atoms with van der Waals surface area (Å²) in [6.07, 6.45) is 14.0. The molecule has 0 bridgehead atoms. The summed E-state index contributed by atoms with van der Waals surface area (Å²) in [5.41, 5.74) is 1.47. The maximum atomic E-state index is 5.17. The van der Waals surface area contributed by atoms with E-state index in [1.807, 2.05) is 0 Å². The van der Waals surface area contributed by atoms with Crippen molar-refractivity contribution in [3.63, 3.8) is 0 Å². The number of ether oxygens (including phenoxy) is 1. The Morgan fingerprint density at radius 2 is 1.45 bits per heavy atom. The summed E-state index contributed by atoms with van der Waals surface area (Å²) >= 11 is -2.17. The van der Waals surface area contributed by atoms with Crippen LogP contribution in [0.15, 0.2) is 42.5 Å². The Morgan fingerprint density at radius 3 is 1.97 bits per heavy atom. The molecule has 1 aromatic carbocycles. The fourth-order valence-corrected chi connectivity index (χ4v) is 20.8. The van der Waals surface area contributed by atoms with Crippen molar-refractivity contribution in [2.45, 2.75) is 85.6 Å². The normalized spacial score (nSPS) is 12.3. The zero-order chi connectivity index (χ0) is 21.2. The van der Waals surface area contributed by atoms with Crippen LogP contribution in [0.3, 0.4) is 0 Å². The number of unbranched alkanes of at least 4 members (excludes halogenated alkanes) is 3. The molecule has 0 aromatic heterocycles. The van der Waals surface area contributed by atoms with Crippen LogP contribution in [0.5, 0.6) is 0 Å². The summed E-state index contributed by atoms with van der Waals surface area (Å²) in [6.45, 7) is 10.1. The van der Waals surface area contributed by atoms with Gasteiger partial charge in [-0.2, -0.15) is 0 Å². The predicted octanol–water partition coefficient (Wildman–Crippen LogP) is 7.47.